The minimum absolute atomic E-state index is 0.236. The fourth-order valence-corrected chi connectivity index (χ4v) is 4.80. The maximum absolute atomic E-state index is 13.1. The summed E-state index contributed by atoms with van der Waals surface area (Å²) in [6.07, 6.45) is 8.18. The van der Waals surface area contributed by atoms with E-state index in [1.165, 1.54) is 42.4 Å². The first-order valence-electron chi connectivity index (χ1n) is 10.8. The number of fused-ring (bicyclic) bond motifs is 1. The molecule has 0 radical (unpaired) electrons. The van der Waals surface area contributed by atoms with Crippen molar-refractivity contribution in [3.63, 3.8) is 0 Å². The van der Waals surface area contributed by atoms with E-state index in [-0.39, 0.29) is 5.91 Å². The summed E-state index contributed by atoms with van der Waals surface area (Å²) in [5.74, 6) is 1.02. The minimum atomic E-state index is 0.236. The third-order valence-corrected chi connectivity index (χ3v) is 6.66. The van der Waals surface area contributed by atoms with Crippen LogP contribution in [0.15, 0.2) is 48.5 Å². The average molecular weight is 377 g/mol. The number of benzene rings is 2. The van der Waals surface area contributed by atoms with Gasteiger partial charge in [-0.25, -0.2) is 0 Å². The fraction of sp³-hybridized carbons (Fsp3) is 0.480. The van der Waals surface area contributed by atoms with E-state index in [1.807, 2.05) is 6.07 Å². The molecule has 0 aromatic heterocycles. The Bertz CT molecular complexity index is 793. The van der Waals surface area contributed by atoms with Crippen molar-refractivity contribution in [3.05, 3.63) is 70.8 Å². The molecule has 0 unspecified atom stereocenters. The summed E-state index contributed by atoms with van der Waals surface area (Å²) in [6, 6.07) is 17.7. The zero-order valence-electron chi connectivity index (χ0n) is 17.0. The average Bonchev–Trinajstić information content (AvgIpc) is 2.75. The molecule has 4 rings (SSSR count). The van der Waals surface area contributed by atoms with Gasteiger partial charge in [-0.3, -0.25) is 4.79 Å². The molecule has 148 valence electrons. The number of amides is 1. The zero-order chi connectivity index (χ0) is 19.3. The number of hydrogen-bond acceptors (Lipinski definition) is 2. The molecule has 0 saturated heterocycles. The van der Waals surface area contributed by atoms with Crippen molar-refractivity contribution in [1.82, 2.24) is 10.2 Å². The van der Waals surface area contributed by atoms with E-state index in [0.717, 1.165) is 43.8 Å². The van der Waals surface area contributed by atoms with Gasteiger partial charge >= 0.3 is 0 Å². The van der Waals surface area contributed by atoms with Crippen LogP contribution in [0.1, 0.15) is 59.2 Å². The highest BCUT2D eigenvalue weighted by Crippen LogP contribution is 2.28. The largest absolute Gasteiger partial charge is 0.338 e. The molecule has 1 heterocycles. The summed E-state index contributed by atoms with van der Waals surface area (Å²) < 4.78 is 0. The van der Waals surface area contributed by atoms with Crippen LogP contribution in [-0.4, -0.2) is 37.0 Å². The Morgan fingerprint density at radius 2 is 1.79 bits per heavy atom. The molecule has 3 nitrogen and oxygen atoms in total. The number of nitrogens with zero attached hydrogens (tertiary/aromatic N) is 1. The van der Waals surface area contributed by atoms with E-state index in [0.29, 0.717) is 6.04 Å². The lowest BCUT2D eigenvalue weighted by molar-refractivity contribution is 0.0724. The van der Waals surface area contributed by atoms with Crippen molar-refractivity contribution in [2.24, 2.45) is 5.92 Å². The first-order chi connectivity index (χ1) is 13.7. The van der Waals surface area contributed by atoms with Crippen molar-refractivity contribution in [2.45, 2.75) is 51.0 Å². The molecule has 2 aromatic carbocycles. The monoisotopic (exact) mass is 376 g/mol. The van der Waals surface area contributed by atoms with Gasteiger partial charge in [-0.2, -0.15) is 0 Å². The van der Waals surface area contributed by atoms with Gasteiger partial charge in [-0.1, -0.05) is 42.5 Å². The molecule has 0 spiro atoms. The van der Waals surface area contributed by atoms with Crippen molar-refractivity contribution >= 4 is 5.91 Å². The number of rotatable bonds is 6. The second kappa shape index (κ2) is 8.91. The highest BCUT2D eigenvalue weighted by atomic mass is 16.2. The lowest BCUT2D eigenvalue weighted by Crippen LogP contribution is -2.39. The molecular weight excluding hydrogens is 344 g/mol. The van der Waals surface area contributed by atoms with Gasteiger partial charge in [0.05, 0.1) is 0 Å². The predicted molar refractivity (Wildman–Crippen MR) is 115 cm³/mol. The third-order valence-electron chi connectivity index (χ3n) is 6.66. The van der Waals surface area contributed by atoms with Crippen molar-refractivity contribution in [1.29, 1.82) is 0 Å². The maximum Gasteiger partial charge on any atom is 0.254 e. The quantitative estimate of drug-likeness (QED) is 0.808. The van der Waals surface area contributed by atoms with Gasteiger partial charge in [0, 0.05) is 24.7 Å². The molecule has 28 heavy (non-hydrogen) atoms. The first-order valence-corrected chi connectivity index (χ1v) is 10.8. The van der Waals surface area contributed by atoms with Crippen molar-refractivity contribution < 1.29 is 4.79 Å². The van der Waals surface area contributed by atoms with Crippen LogP contribution < -0.4 is 5.32 Å². The van der Waals surface area contributed by atoms with E-state index >= 15 is 0 Å². The van der Waals surface area contributed by atoms with E-state index in [9.17, 15) is 4.79 Å². The summed E-state index contributed by atoms with van der Waals surface area (Å²) >= 11 is 0. The molecule has 1 aliphatic heterocycles. The van der Waals surface area contributed by atoms with Gasteiger partial charge in [-0.15, -0.1) is 0 Å². The second-order valence-electron chi connectivity index (χ2n) is 8.49. The van der Waals surface area contributed by atoms with Gasteiger partial charge in [0.2, 0.25) is 0 Å². The van der Waals surface area contributed by atoms with Crippen LogP contribution in [0.25, 0.3) is 0 Å². The van der Waals surface area contributed by atoms with Crippen LogP contribution in [0.5, 0.6) is 0 Å². The predicted octanol–water partition coefficient (Wildman–Crippen LogP) is 4.44. The SMILES string of the molecule is CNC1CCC(CCN2CCc3ccc(Cc4ccccc4)cc3C2=O)CC1. The smallest absolute Gasteiger partial charge is 0.254 e. The normalized spacial score (nSPS) is 22.2. The number of carbonyl (C=O) groups excluding carboxylic acids is 1. The summed E-state index contributed by atoms with van der Waals surface area (Å²) in [7, 11) is 2.07. The second-order valence-corrected chi connectivity index (χ2v) is 8.49. The highest BCUT2D eigenvalue weighted by molar-refractivity contribution is 5.97. The molecule has 1 fully saturated rings. The molecule has 0 atom stereocenters. The van der Waals surface area contributed by atoms with Crippen LogP contribution in [-0.2, 0) is 12.8 Å². The molecular formula is C25H32N2O. The lowest BCUT2D eigenvalue weighted by Gasteiger charge is -2.32. The Labute approximate surface area is 169 Å². The molecule has 1 N–H and O–H groups in total. The van der Waals surface area contributed by atoms with E-state index < -0.39 is 0 Å². The van der Waals surface area contributed by atoms with Crippen molar-refractivity contribution in [3.8, 4) is 0 Å². The fourth-order valence-electron chi connectivity index (χ4n) is 4.80. The zero-order valence-corrected chi connectivity index (χ0v) is 17.0. The summed E-state index contributed by atoms with van der Waals surface area (Å²) in [6.45, 7) is 1.78. The van der Waals surface area contributed by atoms with Crippen LogP contribution >= 0.6 is 0 Å². The highest BCUT2D eigenvalue weighted by Gasteiger charge is 2.26. The maximum atomic E-state index is 13.1. The number of nitrogens with one attached hydrogen (secondary N) is 1. The Kier molecular flexibility index (Phi) is 6.11. The van der Waals surface area contributed by atoms with Gasteiger partial charge in [0.1, 0.15) is 0 Å². The topological polar surface area (TPSA) is 32.3 Å². The molecule has 3 heteroatoms. The van der Waals surface area contributed by atoms with Crippen LogP contribution in [0.4, 0.5) is 0 Å². The first kappa shape index (κ1) is 19.2. The van der Waals surface area contributed by atoms with Gasteiger partial charge in [0.25, 0.3) is 5.91 Å². The Balaban J connectivity index is 1.38. The Morgan fingerprint density at radius 3 is 2.54 bits per heavy atom. The molecule has 1 amide bonds. The minimum Gasteiger partial charge on any atom is -0.338 e. The molecule has 1 saturated carbocycles. The number of hydrogen-bond donors (Lipinski definition) is 1. The van der Waals surface area contributed by atoms with Crippen LogP contribution in [0.3, 0.4) is 0 Å². The van der Waals surface area contributed by atoms with Gasteiger partial charge in [0.15, 0.2) is 0 Å². The van der Waals surface area contributed by atoms with E-state index in [4.69, 9.17) is 0 Å². The number of carbonyl (C=O) groups is 1. The van der Waals surface area contributed by atoms with Gasteiger partial charge < -0.3 is 10.2 Å². The van der Waals surface area contributed by atoms with E-state index in [1.54, 1.807) is 0 Å². The summed E-state index contributed by atoms with van der Waals surface area (Å²) in [5.41, 5.74) is 4.66. The molecule has 2 aliphatic rings. The lowest BCUT2D eigenvalue weighted by atomic mass is 9.84. The van der Waals surface area contributed by atoms with E-state index in [2.05, 4.69) is 59.7 Å². The molecule has 1 aliphatic carbocycles. The Morgan fingerprint density at radius 1 is 1.00 bits per heavy atom. The van der Waals surface area contributed by atoms with Crippen molar-refractivity contribution in [2.75, 3.05) is 20.1 Å². The third kappa shape index (κ3) is 4.47. The summed E-state index contributed by atoms with van der Waals surface area (Å²) in [4.78, 5) is 15.2. The Hall–Kier alpha value is -2.13. The standard InChI is InChI=1S/C25H32N2O/c1-26-23-11-8-19(9-12-23)13-15-27-16-14-22-10-7-21(18-24(22)25(27)28)17-20-5-3-2-4-6-20/h2-7,10,18-19,23,26H,8-9,11-17H2,1H3. The molecule has 2 aromatic rings. The molecule has 0 bridgehead atoms. The summed E-state index contributed by atoms with van der Waals surface area (Å²) in [5, 5.41) is 3.41. The van der Waals surface area contributed by atoms with Gasteiger partial charge in [-0.05, 0) is 80.7 Å². The van der Waals surface area contributed by atoms with Crippen LogP contribution in [0.2, 0.25) is 0 Å². The van der Waals surface area contributed by atoms with Crippen LogP contribution in [0, 0.1) is 5.92 Å².